The lowest BCUT2D eigenvalue weighted by atomic mass is 9.35. The van der Waals surface area contributed by atoms with Crippen LogP contribution in [0.3, 0.4) is 0 Å². The van der Waals surface area contributed by atoms with Crippen molar-refractivity contribution in [1.29, 1.82) is 0 Å². The van der Waals surface area contributed by atoms with E-state index >= 15 is 0 Å². The smallest absolute Gasteiger partial charge is 0.115 e. The van der Waals surface area contributed by atoms with Gasteiger partial charge in [0.15, 0.2) is 0 Å². The Hall–Kier alpha value is -6.10. The van der Waals surface area contributed by atoms with Gasteiger partial charge in [-0.1, -0.05) is 192 Å². The number of allylic oxidation sites excluding steroid dienone is 3. The summed E-state index contributed by atoms with van der Waals surface area (Å²) in [5.74, 6) is 2.66. The van der Waals surface area contributed by atoms with E-state index in [-0.39, 0.29) is 6.71 Å². The van der Waals surface area contributed by atoms with Gasteiger partial charge in [0.2, 0.25) is 6.71 Å². The molecule has 0 fully saturated rings. The van der Waals surface area contributed by atoms with Crippen molar-refractivity contribution in [2.24, 2.45) is 0 Å². The number of hydrogen-bond donors (Lipinski definition) is 0. The van der Waals surface area contributed by atoms with E-state index in [1.807, 2.05) is 18.2 Å². The van der Waals surface area contributed by atoms with E-state index in [9.17, 15) is 0 Å². The van der Waals surface area contributed by atoms with Crippen molar-refractivity contribution < 1.29 is 0 Å². The molecule has 0 bridgehead atoms. The van der Waals surface area contributed by atoms with E-state index < -0.39 is 0 Å². The van der Waals surface area contributed by atoms with Gasteiger partial charge in [0.05, 0.1) is 0 Å². The van der Waals surface area contributed by atoms with E-state index in [1.165, 1.54) is 82.4 Å². The maximum atomic E-state index is 5.63. The molecule has 7 aromatic carbocycles. The fourth-order valence-corrected chi connectivity index (χ4v) is 7.63. The van der Waals surface area contributed by atoms with E-state index in [1.54, 1.807) is 6.08 Å². The zero-order chi connectivity index (χ0) is 34.6. The van der Waals surface area contributed by atoms with Gasteiger partial charge in [-0.2, -0.15) is 0 Å². The molecule has 0 aromatic heterocycles. The Bertz CT molecular complexity index is 2490. The SMILES string of the molecule is C#C/C=C\c1ccc(C)c(B(c2cccc(-c3c(C)c(/C=C\C=C)c(-c4ccccc4)c4ccccc34)c2)c2c(C)ccc3ccccc23)c1. The molecule has 0 spiro atoms. The first-order valence-corrected chi connectivity index (χ1v) is 17.2. The molecule has 0 radical (unpaired) electrons. The predicted molar refractivity (Wildman–Crippen MR) is 221 cm³/mol. The third-order valence-electron chi connectivity index (χ3n) is 9.95. The molecule has 0 unspecified atom stereocenters. The van der Waals surface area contributed by atoms with Crippen molar-refractivity contribution in [3.8, 4) is 34.6 Å². The highest BCUT2D eigenvalue weighted by Crippen LogP contribution is 2.42. The third-order valence-corrected chi connectivity index (χ3v) is 9.95. The molecule has 0 atom stereocenters. The summed E-state index contributed by atoms with van der Waals surface area (Å²) in [5, 5.41) is 5.00. The molecule has 0 N–H and O–H groups in total. The van der Waals surface area contributed by atoms with Gasteiger partial charge < -0.3 is 0 Å². The molecule has 1 heteroatoms. The number of benzene rings is 7. The summed E-state index contributed by atoms with van der Waals surface area (Å²) in [6.45, 7) is 10.7. The largest absolute Gasteiger partial charge is 0.242 e. The van der Waals surface area contributed by atoms with Crippen molar-refractivity contribution in [3.63, 3.8) is 0 Å². The van der Waals surface area contributed by atoms with E-state index in [4.69, 9.17) is 6.42 Å². The van der Waals surface area contributed by atoms with Crippen molar-refractivity contribution in [2.75, 3.05) is 0 Å². The monoisotopic (exact) mass is 638 g/mol. The molecule has 238 valence electrons. The maximum Gasteiger partial charge on any atom is 0.242 e. The standard InChI is InChI=1S/C49H39B/c1-6-8-18-37-30-28-34(3)46(32-37)50(49-35(4)29-31-38-19-13-14-25-43(38)49)41-23-17-22-40(33-41)47-36(5)42(24-9-7-2)48(39-20-11-10-12-21-39)45-27-16-15-26-44(45)47/h1,7-33H,2H2,3-5H3/b18-8-,24-9-. The first-order valence-electron chi connectivity index (χ1n) is 17.2. The summed E-state index contributed by atoms with van der Waals surface area (Å²) >= 11 is 0. The Labute approximate surface area is 297 Å². The summed E-state index contributed by atoms with van der Waals surface area (Å²) in [7, 11) is 0. The number of rotatable bonds is 8. The van der Waals surface area contributed by atoms with Gasteiger partial charge in [-0.05, 0) is 93.4 Å². The highest BCUT2D eigenvalue weighted by Gasteiger charge is 2.28. The third kappa shape index (κ3) is 6.02. The molecule has 0 heterocycles. The molecule has 7 rings (SSSR count). The van der Waals surface area contributed by atoms with Gasteiger partial charge in [0.25, 0.3) is 0 Å². The zero-order valence-corrected chi connectivity index (χ0v) is 29.0. The molecule has 0 saturated heterocycles. The fraction of sp³-hybridized carbons (Fsp3) is 0.0612. The van der Waals surface area contributed by atoms with Crippen molar-refractivity contribution in [2.45, 2.75) is 20.8 Å². The van der Waals surface area contributed by atoms with E-state index in [2.05, 4.69) is 173 Å². The van der Waals surface area contributed by atoms with Crippen LogP contribution in [0.2, 0.25) is 0 Å². The Balaban J connectivity index is 1.53. The van der Waals surface area contributed by atoms with Crippen LogP contribution in [0, 0.1) is 33.1 Å². The minimum Gasteiger partial charge on any atom is -0.115 e. The van der Waals surface area contributed by atoms with Gasteiger partial charge in [-0.3, -0.25) is 0 Å². The van der Waals surface area contributed by atoms with E-state index in [0.29, 0.717) is 0 Å². The molecule has 0 aliphatic heterocycles. The molecule has 0 nitrogen and oxygen atoms in total. The molecular weight excluding hydrogens is 599 g/mol. The lowest BCUT2D eigenvalue weighted by Gasteiger charge is -2.24. The summed E-state index contributed by atoms with van der Waals surface area (Å²) in [4.78, 5) is 0. The first-order chi connectivity index (χ1) is 24.5. The predicted octanol–water partition coefficient (Wildman–Crippen LogP) is 10.6. The number of aryl methyl sites for hydroxylation is 2. The van der Waals surface area contributed by atoms with Crippen molar-refractivity contribution in [1.82, 2.24) is 0 Å². The van der Waals surface area contributed by atoms with Crippen LogP contribution in [0.1, 0.15) is 27.8 Å². The Morgan fingerprint density at radius 3 is 2.06 bits per heavy atom. The second kappa shape index (κ2) is 14.2. The average molecular weight is 639 g/mol. The lowest BCUT2D eigenvalue weighted by molar-refractivity contribution is 1.45. The van der Waals surface area contributed by atoms with Gasteiger partial charge >= 0.3 is 0 Å². The summed E-state index contributed by atoms with van der Waals surface area (Å²) in [6, 6.07) is 48.7. The Morgan fingerprint density at radius 1 is 0.620 bits per heavy atom. The number of fused-ring (bicyclic) bond motifs is 2. The topological polar surface area (TPSA) is 0 Å². The summed E-state index contributed by atoms with van der Waals surface area (Å²) in [5.41, 5.74) is 14.8. The molecule has 0 aliphatic rings. The fourth-order valence-electron chi connectivity index (χ4n) is 7.63. The molecule has 0 aliphatic carbocycles. The van der Waals surface area contributed by atoms with Gasteiger partial charge in [-0.15, -0.1) is 6.42 Å². The second-order valence-electron chi connectivity index (χ2n) is 13.0. The highest BCUT2D eigenvalue weighted by molar-refractivity contribution is 6.97. The molecular formula is C49H39B. The minimum atomic E-state index is -0.00414. The highest BCUT2D eigenvalue weighted by atomic mass is 14.2. The molecule has 50 heavy (non-hydrogen) atoms. The summed E-state index contributed by atoms with van der Waals surface area (Å²) in [6.07, 6.45) is 15.5. The van der Waals surface area contributed by atoms with Crippen molar-refractivity contribution in [3.05, 3.63) is 186 Å². The van der Waals surface area contributed by atoms with Crippen LogP contribution < -0.4 is 16.4 Å². The molecule has 0 amide bonds. The average Bonchev–Trinajstić information content (AvgIpc) is 3.15. The van der Waals surface area contributed by atoms with Crippen LogP contribution in [0.4, 0.5) is 0 Å². The molecule has 7 aromatic rings. The van der Waals surface area contributed by atoms with Crippen molar-refractivity contribution >= 4 is 56.8 Å². The zero-order valence-electron chi connectivity index (χ0n) is 29.0. The van der Waals surface area contributed by atoms with E-state index in [0.717, 1.165) is 5.56 Å². The second-order valence-corrected chi connectivity index (χ2v) is 13.0. The van der Waals surface area contributed by atoms with Crippen LogP contribution >= 0.6 is 0 Å². The minimum absolute atomic E-state index is 0.00414. The Kier molecular flexibility index (Phi) is 9.20. The van der Waals surface area contributed by atoms with Gasteiger partial charge in [0.1, 0.15) is 0 Å². The van der Waals surface area contributed by atoms with Crippen LogP contribution in [-0.4, -0.2) is 6.71 Å². The normalized spacial score (nSPS) is 11.4. The van der Waals surface area contributed by atoms with Gasteiger partial charge in [-0.25, -0.2) is 0 Å². The first kappa shape index (κ1) is 32.5. The number of hydrogen-bond acceptors (Lipinski definition) is 0. The molecule has 0 saturated carbocycles. The van der Waals surface area contributed by atoms with Crippen LogP contribution in [0.25, 0.3) is 56.0 Å². The maximum absolute atomic E-state index is 5.63. The van der Waals surface area contributed by atoms with Crippen LogP contribution in [0.15, 0.2) is 158 Å². The van der Waals surface area contributed by atoms with Crippen LogP contribution in [0.5, 0.6) is 0 Å². The quantitative estimate of drug-likeness (QED) is 0.0883. The summed E-state index contributed by atoms with van der Waals surface area (Å²) < 4.78 is 0. The Morgan fingerprint density at radius 2 is 1.30 bits per heavy atom. The lowest BCUT2D eigenvalue weighted by Crippen LogP contribution is -2.54. The number of terminal acetylenes is 1. The van der Waals surface area contributed by atoms with Crippen LogP contribution in [-0.2, 0) is 0 Å². The van der Waals surface area contributed by atoms with Gasteiger partial charge in [0, 0.05) is 0 Å².